The average Bonchev–Trinajstić information content (AvgIpc) is 3.06. The number of fused-ring (bicyclic) bond motifs is 4. The van der Waals surface area contributed by atoms with Gasteiger partial charge >= 0.3 is 0 Å². The number of benzene rings is 8. The average molecular weight is 559 g/mol. The standard InChI is InChI=1S/C44H30/c1-29-13-11-15-31(27-29)43-39-21-7-3-17-33(39)37(34-18-4-8-22-40(34)43)25-26-38-35-19-5-9-23-41(35)44(32-16-12-14-30(2)28-32)42-24-10-6-20-36(38)42/h3-24,27-28H,1-2H3. The molecule has 0 heteroatoms. The molecular formula is C44H30. The second kappa shape index (κ2) is 10.6. The van der Waals surface area contributed by atoms with E-state index in [1.54, 1.807) is 0 Å². The zero-order valence-corrected chi connectivity index (χ0v) is 24.9. The van der Waals surface area contributed by atoms with E-state index < -0.39 is 0 Å². The number of hydrogen-bond donors (Lipinski definition) is 0. The van der Waals surface area contributed by atoms with E-state index >= 15 is 0 Å². The Morgan fingerprint density at radius 3 is 0.909 bits per heavy atom. The second-order valence-corrected chi connectivity index (χ2v) is 11.7. The molecule has 0 aliphatic rings. The maximum Gasteiger partial charge on any atom is 0.0406 e. The summed E-state index contributed by atoms with van der Waals surface area (Å²) in [5.41, 5.74) is 9.67. The molecule has 0 aromatic heterocycles. The lowest BCUT2D eigenvalue weighted by Crippen LogP contribution is -1.92. The Bertz CT molecular complexity index is 2180. The predicted molar refractivity (Wildman–Crippen MR) is 189 cm³/mol. The number of rotatable bonds is 2. The molecule has 0 heterocycles. The van der Waals surface area contributed by atoms with E-state index in [2.05, 4.69) is 171 Å². The molecule has 0 unspecified atom stereocenters. The lowest BCUT2D eigenvalue weighted by molar-refractivity contribution is 1.47. The molecule has 0 amide bonds. The van der Waals surface area contributed by atoms with Crippen LogP contribution in [0, 0.1) is 25.7 Å². The summed E-state index contributed by atoms with van der Waals surface area (Å²) < 4.78 is 0. The summed E-state index contributed by atoms with van der Waals surface area (Å²) in [5, 5.41) is 9.63. The normalized spacial score (nSPS) is 11.2. The zero-order valence-electron chi connectivity index (χ0n) is 24.9. The van der Waals surface area contributed by atoms with Crippen molar-refractivity contribution in [3.8, 4) is 34.1 Å². The Hall–Kier alpha value is -5.64. The molecule has 0 atom stereocenters. The van der Waals surface area contributed by atoms with Crippen LogP contribution in [0.15, 0.2) is 146 Å². The van der Waals surface area contributed by atoms with Crippen molar-refractivity contribution in [2.24, 2.45) is 0 Å². The van der Waals surface area contributed by atoms with Gasteiger partial charge in [0.15, 0.2) is 0 Å². The summed E-state index contributed by atoms with van der Waals surface area (Å²) in [6.45, 7) is 4.32. The van der Waals surface area contributed by atoms with Crippen molar-refractivity contribution in [2.45, 2.75) is 13.8 Å². The van der Waals surface area contributed by atoms with E-state index in [4.69, 9.17) is 0 Å². The molecule has 0 radical (unpaired) electrons. The Balaban J connectivity index is 1.45. The summed E-state index contributed by atoms with van der Waals surface area (Å²) in [5.74, 6) is 7.48. The summed E-state index contributed by atoms with van der Waals surface area (Å²) in [6.07, 6.45) is 0. The van der Waals surface area contributed by atoms with Gasteiger partial charge in [0.2, 0.25) is 0 Å². The van der Waals surface area contributed by atoms with Crippen LogP contribution in [-0.2, 0) is 0 Å². The molecule has 0 aliphatic heterocycles. The van der Waals surface area contributed by atoms with Crippen molar-refractivity contribution in [1.29, 1.82) is 0 Å². The highest BCUT2D eigenvalue weighted by Gasteiger charge is 2.16. The van der Waals surface area contributed by atoms with E-state index in [0.717, 1.165) is 11.1 Å². The van der Waals surface area contributed by atoms with E-state index in [1.165, 1.54) is 76.5 Å². The monoisotopic (exact) mass is 558 g/mol. The van der Waals surface area contributed by atoms with Crippen LogP contribution >= 0.6 is 0 Å². The first-order valence-electron chi connectivity index (χ1n) is 15.2. The lowest BCUT2D eigenvalue weighted by Gasteiger charge is -2.16. The molecule has 8 rings (SSSR count). The highest BCUT2D eigenvalue weighted by Crippen LogP contribution is 2.41. The minimum absolute atomic E-state index is 1.07. The number of aryl methyl sites for hydroxylation is 2. The van der Waals surface area contributed by atoms with Crippen molar-refractivity contribution in [2.75, 3.05) is 0 Å². The van der Waals surface area contributed by atoms with Crippen molar-refractivity contribution >= 4 is 43.1 Å². The molecular weight excluding hydrogens is 528 g/mol. The summed E-state index contributed by atoms with van der Waals surface area (Å²) in [7, 11) is 0. The van der Waals surface area contributed by atoms with Crippen LogP contribution in [-0.4, -0.2) is 0 Å². The third kappa shape index (κ3) is 4.26. The SMILES string of the molecule is Cc1cccc(-c2c3ccccc3c(C#Cc3c4ccccc4c(-c4cccc(C)c4)c4ccccc34)c3ccccc23)c1. The Kier molecular flexibility index (Phi) is 6.25. The van der Waals surface area contributed by atoms with Crippen molar-refractivity contribution < 1.29 is 0 Å². The van der Waals surface area contributed by atoms with Gasteiger partial charge in [0, 0.05) is 11.1 Å². The van der Waals surface area contributed by atoms with Crippen molar-refractivity contribution in [1.82, 2.24) is 0 Å². The third-order valence-corrected chi connectivity index (χ3v) is 8.79. The van der Waals surface area contributed by atoms with Crippen LogP contribution in [0.3, 0.4) is 0 Å². The van der Waals surface area contributed by atoms with Gasteiger partial charge in [-0.15, -0.1) is 0 Å². The minimum Gasteiger partial charge on any atom is -0.0616 e. The number of hydrogen-bond acceptors (Lipinski definition) is 0. The predicted octanol–water partition coefficient (Wildman–Crippen LogP) is 11.7. The van der Waals surface area contributed by atoms with Crippen molar-refractivity contribution in [3.05, 3.63) is 168 Å². The Morgan fingerprint density at radius 2 is 0.614 bits per heavy atom. The van der Waals surface area contributed by atoms with Crippen molar-refractivity contribution in [3.63, 3.8) is 0 Å². The first-order valence-corrected chi connectivity index (χ1v) is 15.2. The van der Waals surface area contributed by atoms with Crippen LogP contribution in [0.4, 0.5) is 0 Å². The van der Waals surface area contributed by atoms with Gasteiger partial charge in [0.1, 0.15) is 0 Å². The fourth-order valence-electron chi connectivity index (χ4n) is 6.87. The van der Waals surface area contributed by atoms with Gasteiger partial charge in [-0.25, -0.2) is 0 Å². The molecule has 8 aromatic carbocycles. The molecule has 0 fully saturated rings. The smallest absolute Gasteiger partial charge is 0.0406 e. The lowest BCUT2D eigenvalue weighted by atomic mass is 9.87. The van der Waals surface area contributed by atoms with Crippen LogP contribution in [0.1, 0.15) is 22.3 Å². The molecule has 0 N–H and O–H groups in total. The van der Waals surface area contributed by atoms with E-state index in [9.17, 15) is 0 Å². The maximum absolute atomic E-state index is 3.74. The van der Waals surface area contributed by atoms with Gasteiger partial charge in [-0.1, -0.05) is 169 Å². The van der Waals surface area contributed by atoms with E-state index in [-0.39, 0.29) is 0 Å². The van der Waals surface area contributed by atoms with Crippen LogP contribution in [0.5, 0.6) is 0 Å². The third-order valence-electron chi connectivity index (χ3n) is 8.79. The first kappa shape index (κ1) is 26.0. The fraction of sp³-hybridized carbons (Fsp3) is 0.0455. The van der Waals surface area contributed by atoms with Gasteiger partial charge in [-0.2, -0.15) is 0 Å². The molecule has 0 saturated carbocycles. The molecule has 0 aliphatic carbocycles. The molecule has 0 bridgehead atoms. The maximum atomic E-state index is 3.74. The topological polar surface area (TPSA) is 0 Å². The summed E-state index contributed by atoms with van der Waals surface area (Å²) >= 11 is 0. The van der Waals surface area contributed by atoms with Gasteiger partial charge in [-0.3, -0.25) is 0 Å². The first-order chi connectivity index (χ1) is 21.7. The van der Waals surface area contributed by atoms with Crippen LogP contribution < -0.4 is 0 Å². The molecule has 8 aromatic rings. The van der Waals surface area contributed by atoms with Gasteiger partial charge < -0.3 is 0 Å². The highest BCUT2D eigenvalue weighted by atomic mass is 14.2. The molecule has 0 nitrogen and oxygen atoms in total. The Morgan fingerprint density at radius 1 is 0.318 bits per heavy atom. The van der Waals surface area contributed by atoms with Gasteiger partial charge in [0.25, 0.3) is 0 Å². The van der Waals surface area contributed by atoms with Crippen LogP contribution in [0.2, 0.25) is 0 Å². The molecule has 44 heavy (non-hydrogen) atoms. The minimum atomic E-state index is 1.07. The molecule has 206 valence electrons. The van der Waals surface area contributed by atoms with Gasteiger partial charge in [-0.05, 0) is 79.2 Å². The molecule has 0 spiro atoms. The highest BCUT2D eigenvalue weighted by molar-refractivity contribution is 6.18. The largest absolute Gasteiger partial charge is 0.0616 e. The quantitative estimate of drug-likeness (QED) is 0.146. The second-order valence-electron chi connectivity index (χ2n) is 11.7. The zero-order chi connectivity index (χ0) is 29.6. The van der Waals surface area contributed by atoms with E-state index in [0.29, 0.717) is 0 Å². The Labute approximate surface area is 258 Å². The van der Waals surface area contributed by atoms with Gasteiger partial charge in [0.05, 0.1) is 0 Å². The fourth-order valence-corrected chi connectivity index (χ4v) is 6.87. The summed E-state index contributed by atoms with van der Waals surface area (Å²) in [6, 6.07) is 52.6. The van der Waals surface area contributed by atoms with Crippen LogP contribution in [0.25, 0.3) is 65.3 Å². The molecule has 0 saturated heterocycles. The van der Waals surface area contributed by atoms with E-state index in [1.807, 2.05) is 0 Å². The summed E-state index contributed by atoms with van der Waals surface area (Å²) in [4.78, 5) is 0.